The molecule has 2 aliphatic rings. The molecule has 1 aromatic rings. The molecule has 0 saturated carbocycles. The number of benzene rings is 1. The van der Waals surface area contributed by atoms with E-state index < -0.39 is 6.04 Å². The first-order chi connectivity index (χ1) is 10.6. The topological polar surface area (TPSA) is 61.4 Å². The van der Waals surface area contributed by atoms with Crippen LogP contribution >= 0.6 is 0 Å². The number of carbonyl (C=O) groups is 2. The van der Waals surface area contributed by atoms with Crippen molar-refractivity contribution in [2.75, 3.05) is 6.54 Å². The Morgan fingerprint density at radius 2 is 2.23 bits per heavy atom. The SMILES string of the molecule is CC[C@@H]1NC(=O)[C@@H]2C[C@H](NCc3cccc(F)c3)CN2C1=O. The van der Waals surface area contributed by atoms with Gasteiger partial charge in [0.2, 0.25) is 11.8 Å². The largest absolute Gasteiger partial charge is 0.343 e. The lowest BCUT2D eigenvalue weighted by Gasteiger charge is -2.33. The van der Waals surface area contributed by atoms with E-state index in [2.05, 4.69) is 10.6 Å². The molecule has 0 spiro atoms. The van der Waals surface area contributed by atoms with Crippen molar-refractivity contribution in [1.29, 1.82) is 0 Å². The van der Waals surface area contributed by atoms with E-state index in [1.54, 1.807) is 11.0 Å². The molecule has 2 fully saturated rings. The summed E-state index contributed by atoms with van der Waals surface area (Å²) < 4.78 is 13.2. The maximum Gasteiger partial charge on any atom is 0.245 e. The molecule has 1 aromatic carbocycles. The van der Waals surface area contributed by atoms with Gasteiger partial charge in [-0.25, -0.2) is 4.39 Å². The van der Waals surface area contributed by atoms with Gasteiger partial charge in [0.15, 0.2) is 0 Å². The summed E-state index contributed by atoms with van der Waals surface area (Å²) in [5.74, 6) is -0.327. The number of hydrogen-bond donors (Lipinski definition) is 2. The van der Waals surface area contributed by atoms with Gasteiger partial charge in [0, 0.05) is 19.1 Å². The molecule has 3 atom stereocenters. The number of nitrogens with zero attached hydrogens (tertiary/aromatic N) is 1. The minimum atomic E-state index is -0.397. The van der Waals surface area contributed by atoms with Crippen molar-refractivity contribution < 1.29 is 14.0 Å². The van der Waals surface area contributed by atoms with E-state index in [1.165, 1.54) is 12.1 Å². The quantitative estimate of drug-likeness (QED) is 0.865. The summed E-state index contributed by atoms with van der Waals surface area (Å²) in [6.07, 6.45) is 1.21. The van der Waals surface area contributed by atoms with Gasteiger partial charge in [-0.05, 0) is 30.5 Å². The first-order valence-corrected chi connectivity index (χ1v) is 7.67. The number of nitrogens with one attached hydrogen (secondary N) is 2. The molecule has 2 heterocycles. The summed E-state index contributed by atoms with van der Waals surface area (Å²) in [5.41, 5.74) is 0.854. The van der Waals surface area contributed by atoms with Crippen LogP contribution in [0.25, 0.3) is 0 Å². The molecule has 0 radical (unpaired) electrons. The van der Waals surface area contributed by atoms with E-state index in [4.69, 9.17) is 0 Å². The fourth-order valence-electron chi connectivity index (χ4n) is 3.19. The number of rotatable bonds is 4. The first kappa shape index (κ1) is 15.0. The fourth-order valence-corrected chi connectivity index (χ4v) is 3.19. The van der Waals surface area contributed by atoms with Crippen molar-refractivity contribution in [3.8, 4) is 0 Å². The molecule has 2 aliphatic heterocycles. The molecule has 0 aliphatic carbocycles. The van der Waals surface area contributed by atoms with E-state index in [1.807, 2.05) is 13.0 Å². The third-order valence-electron chi connectivity index (χ3n) is 4.39. The number of amides is 2. The Bertz CT molecular complexity index is 593. The normalized spacial score (nSPS) is 27.7. The zero-order valence-electron chi connectivity index (χ0n) is 12.5. The minimum absolute atomic E-state index is 0.00200. The zero-order chi connectivity index (χ0) is 15.7. The summed E-state index contributed by atoms with van der Waals surface area (Å²) in [6, 6.07) is 5.70. The highest BCUT2D eigenvalue weighted by Crippen LogP contribution is 2.23. The smallest absolute Gasteiger partial charge is 0.245 e. The van der Waals surface area contributed by atoms with Crippen LogP contribution in [0, 0.1) is 5.82 Å². The number of piperazine rings is 1. The minimum Gasteiger partial charge on any atom is -0.343 e. The van der Waals surface area contributed by atoms with Crippen LogP contribution in [0.4, 0.5) is 4.39 Å². The van der Waals surface area contributed by atoms with Gasteiger partial charge in [0.25, 0.3) is 0 Å². The van der Waals surface area contributed by atoms with Gasteiger partial charge in [0.05, 0.1) is 0 Å². The number of fused-ring (bicyclic) bond motifs is 1. The van der Waals surface area contributed by atoms with Gasteiger partial charge in [-0.3, -0.25) is 9.59 Å². The van der Waals surface area contributed by atoms with Crippen LogP contribution in [0.15, 0.2) is 24.3 Å². The van der Waals surface area contributed by atoms with E-state index in [0.717, 1.165) is 5.56 Å². The molecule has 118 valence electrons. The highest BCUT2D eigenvalue weighted by atomic mass is 19.1. The average Bonchev–Trinajstić information content (AvgIpc) is 2.94. The Balaban J connectivity index is 1.62. The summed E-state index contributed by atoms with van der Waals surface area (Å²) in [5, 5.41) is 6.10. The van der Waals surface area contributed by atoms with Crippen molar-refractivity contribution in [3.05, 3.63) is 35.6 Å². The molecule has 22 heavy (non-hydrogen) atoms. The van der Waals surface area contributed by atoms with Gasteiger partial charge in [-0.15, -0.1) is 0 Å². The van der Waals surface area contributed by atoms with Crippen LogP contribution in [0.3, 0.4) is 0 Å². The van der Waals surface area contributed by atoms with Crippen LogP contribution in [0.2, 0.25) is 0 Å². The second kappa shape index (κ2) is 6.04. The third kappa shape index (κ3) is 2.83. The van der Waals surface area contributed by atoms with E-state index >= 15 is 0 Å². The van der Waals surface area contributed by atoms with Crippen molar-refractivity contribution in [3.63, 3.8) is 0 Å². The van der Waals surface area contributed by atoms with Crippen molar-refractivity contribution in [2.45, 2.75) is 44.4 Å². The Morgan fingerprint density at radius 3 is 2.95 bits per heavy atom. The van der Waals surface area contributed by atoms with Crippen LogP contribution in [-0.2, 0) is 16.1 Å². The lowest BCUT2D eigenvalue weighted by molar-refractivity contribution is -0.147. The van der Waals surface area contributed by atoms with Crippen LogP contribution in [0.5, 0.6) is 0 Å². The van der Waals surface area contributed by atoms with E-state index in [0.29, 0.717) is 25.9 Å². The molecule has 0 aromatic heterocycles. The molecule has 3 rings (SSSR count). The number of carbonyl (C=O) groups excluding carboxylic acids is 2. The van der Waals surface area contributed by atoms with Crippen molar-refractivity contribution in [2.24, 2.45) is 0 Å². The Hall–Kier alpha value is -1.95. The molecule has 0 unspecified atom stereocenters. The van der Waals surface area contributed by atoms with Gasteiger partial charge >= 0.3 is 0 Å². The summed E-state index contributed by atoms with van der Waals surface area (Å²) in [4.78, 5) is 26.0. The predicted octanol–water partition coefficient (Wildman–Crippen LogP) is 0.793. The molecule has 5 nitrogen and oxygen atoms in total. The second-order valence-electron chi connectivity index (χ2n) is 5.92. The Morgan fingerprint density at radius 1 is 1.41 bits per heavy atom. The van der Waals surface area contributed by atoms with Crippen molar-refractivity contribution >= 4 is 11.8 Å². The molecular formula is C16H20FN3O2. The second-order valence-corrected chi connectivity index (χ2v) is 5.92. The van der Waals surface area contributed by atoms with E-state index in [-0.39, 0.29) is 29.7 Å². The lowest BCUT2D eigenvalue weighted by atomic mass is 10.1. The highest BCUT2D eigenvalue weighted by Gasteiger charge is 2.45. The maximum absolute atomic E-state index is 13.2. The number of hydrogen-bond acceptors (Lipinski definition) is 3. The Labute approximate surface area is 128 Å². The predicted molar refractivity (Wildman–Crippen MR) is 79.4 cm³/mol. The molecule has 2 N–H and O–H groups in total. The number of halogens is 1. The maximum atomic E-state index is 13.2. The summed E-state index contributed by atoms with van der Waals surface area (Å²) in [6.45, 7) is 2.94. The van der Waals surface area contributed by atoms with Gasteiger partial charge in [-0.1, -0.05) is 19.1 Å². The summed E-state index contributed by atoms with van der Waals surface area (Å²) >= 11 is 0. The molecule has 2 amide bonds. The Kier molecular flexibility index (Phi) is 4.11. The van der Waals surface area contributed by atoms with Crippen LogP contribution in [-0.4, -0.2) is 41.4 Å². The molecular weight excluding hydrogens is 285 g/mol. The third-order valence-corrected chi connectivity index (χ3v) is 4.39. The van der Waals surface area contributed by atoms with Crippen molar-refractivity contribution in [1.82, 2.24) is 15.5 Å². The average molecular weight is 305 g/mol. The summed E-state index contributed by atoms with van der Waals surface area (Å²) in [7, 11) is 0. The molecule has 2 saturated heterocycles. The monoisotopic (exact) mass is 305 g/mol. The lowest BCUT2D eigenvalue weighted by Crippen LogP contribution is -2.60. The van der Waals surface area contributed by atoms with Crippen LogP contribution < -0.4 is 10.6 Å². The molecule has 0 bridgehead atoms. The van der Waals surface area contributed by atoms with Gasteiger partial charge in [0.1, 0.15) is 17.9 Å². The zero-order valence-corrected chi connectivity index (χ0v) is 12.5. The van der Waals surface area contributed by atoms with Gasteiger partial charge in [-0.2, -0.15) is 0 Å². The van der Waals surface area contributed by atoms with Crippen LogP contribution in [0.1, 0.15) is 25.3 Å². The van der Waals surface area contributed by atoms with Gasteiger partial charge < -0.3 is 15.5 Å². The van der Waals surface area contributed by atoms with E-state index in [9.17, 15) is 14.0 Å². The fraction of sp³-hybridized carbons (Fsp3) is 0.500. The highest BCUT2D eigenvalue weighted by molar-refractivity contribution is 5.97. The standard InChI is InChI=1S/C16H20FN3O2/c1-2-13-16(22)20-9-12(7-14(20)15(21)19-13)18-8-10-4-3-5-11(17)6-10/h3-6,12-14,18H,2,7-9H2,1H3,(H,19,21)/t12-,13-,14-/m0/s1. The first-order valence-electron chi connectivity index (χ1n) is 7.67. The molecule has 6 heteroatoms.